The number of nitrogens with one attached hydrogen (secondary N) is 4. The minimum Gasteiger partial charge on any atom is -0.370 e. The zero-order chi connectivity index (χ0) is 44.9. The number of anilines is 3. The first-order chi connectivity index (χ1) is 30.9. The topological polar surface area (TPSA) is 183 Å². The number of halogens is 3. The van der Waals surface area contributed by atoms with E-state index in [-0.39, 0.29) is 77.0 Å². The van der Waals surface area contributed by atoms with E-state index in [1.165, 1.54) is 24.5 Å². The van der Waals surface area contributed by atoms with E-state index in [4.69, 9.17) is 4.84 Å². The predicted molar refractivity (Wildman–Crippen MR) is 237 cm³/mol. The van der Waals surface area contributed by atoms with Crippen molar-refractivity contribution in [2.24, 2.45) is 24.8 Å². The van der Waals surface area contributed by atoms with E-state index < -0.39 is 17.5 Å². The van der Waals surface area contributed by atoms with Crippen LogP contribution in [0.1, 0.15) is 73.2 Å². The van der Waals surface area contributed by atoms with Crippen LogP contribution < -0.4 is 26.3 Å². The number of pyridine rings is 1. The van der Waals surface area contributed by atoms with Crippen LogP contribution in [0.25, 0.3) is 11.0 Å². The third-order valence-electron chi connectivity index (χ3n) is 13.1. The number of carbonyl (C=O) groups is 5. The molecule has 1 atom stereocenters. The van der Waals surface area contributed by atoms with Crippen LogP contribution >= 0.6 is 15.9 Å². The molecule has 2 aromatic heterocycles. The van der Waals surface area contributed by atoms with Crippen molar-refractivity contribution in [1.29, 1.82) is 0 Å². The molecule has 1 unspecified atom stereocenters. The van der Waals surface area contributed by atoms with Gasteiger partial charge in [0.05, 0.1) is 53.2 Å². The molecule has 8 rings (SSSR count). The van der Waals surface area contributed by atoms with E-state index >= 15 is 4.39 Å². The number of imide groups is 1. The standard InChI is InChI=1S/C45H53BrF2N10O6/c1-55-26-51-41-37(55)22-34(40(39(41)48)52-36-8-6-31(46)21-35(36)47)44(62)54-64-19-12-50-42(60)28-2-4-29(5-3-28)45(63)58-17-15-56(16-18-58)25-27-10-13-57(14-11-27)32-20-30(23-49-24-32)33-7-9-38(59)53-43(33)61/h6,8,20-24,26-29,33,52H,2-5,7,9-19,25H2,1H3,(H,50,60)(H,54,62)(H,53,59,61). The van der Waals surface area contributed by atoms with E-state index in [0.29, 0.717) is 67.5 Å². The van der Waals surface area contributed by atoms with E-state index in [1.807, 2.05) is 17.2 Å². The molecule has 5 amide bonds. The summed E-state index contributed by atoms with van der Waals surface area (Å²) in [6.45, 7) is 5.93. The number of amides is 5. The number of carbonyl (C=O) groups excluding carboxylic acids is 5. The molecule has 4 aromatic rings. The molecule has 2 aromatic carbocycles. The first-order valence-electron chi connectivity index (χ1n) is 22.0. The zero-order valence-electron chi connectivity index (χ0n) is 35.7. The highest BCUT2D eigenvalue weighted by Crippen LogP contribution is 2.34. The number of imidazole rings is 1. The van der Waals surface area contributed by atoms with Crippen molar-refractivity contribution in [3.05, 3.63) is 76.3 Å². The Labute approximate surface area is 377 Å². The van der Waals surface area contributed by atoms with E-state index in [1.54, 1.807) is 23.9 Å². The molecule has 0 spiro atoms. The van der Waals surface area contributed by atoms with Gasteiger partial charge in [-0.25, -0.2) is 19.2 Å². The van der Waals surface area contributed by atoms with Gasteiger partial charge in [0.2, 0.25) is 23.6 Å². The van der Waals surface area contributed by atoms with Crippen LogP contribution in [0.5, 0.6) is 0 Å². The molecule has 0 bridgehead atoms. The Balaban J connectivity index is 0.723. The predicted octanol–water partition coefficient (Wildman–Crippen LogP) is 4.92. The molecule has 0 radical (unpaired) electrons. The lowest BCUT2D eigenvalue weighted by molar-refractivity contribution is -0.140. The summed E-state index contributed by atoms with van der Waals surface area (Å²) in [6.07, 6.45) is 10.4. The molecule has 16 nitrogen and oxygen atoms in total. The summed E-state index contributed by atoms with van der Waals surface area (Å²) >= 11 is 3.20. The van der Waals surface area contributed by atoms with E-state index in [2.05, 4.69) is 57.1 Å². The molecule has 19 heteroatoms. The second-order valence-corrected chi connectivity index (χ2v) is 18.2. The molecule has 64 heavy (non-hydrogen) atoms. The minimum absolute atomic E-state index is 0.00784. The summed E-state index contributed by atoms with van der Waals surface area (Å²) in [5.74, 6) is -2.82. The summed E-state index contributed by atoms with van der Waals surface area (Å²) in [5, 5.41) is 7.99. The second-order valence-electron chi connectivity index (χ2n) is 17.2. The number of piperidine rings is 2. The van der Waals surface area contributed by atoms with Crippen LogP contribution in [0.2, 0.25) is 0 Å². The molecule has 1 aliphatic carbocycles. The summed E-state index contributed by atoms with van der Waals surface area (Å²) in [5.41, 5.74) is 4.08. The second kappa shape index (κ2) is 20.1. The van der Waals surface area contributed by atoms with E-state index in [0.717, 1.165) is 56.8 Å². The Morgan fingerprint density at radius 1 is 0.922 bits per heavy atom. The molecule has 3 saturated heterocycles. The van der Waals surface area contributed by atoms with Crippen LogP contribution in [0.4, 0.5) is 25.8 Å². The van der Waals surface area contributed by atoms with Crippen LogP contribution in [0.3, 0.4) is 0 Å². The van der Waals surface area contributed by atoms with Crippen molar-refractivity contribution in [1.82, 2.24) is 40.4 Å². The number of aryl methyl sites for hydroxylation is 1. The third kappa shape index (κ3) is 10.4. The highest BCUT2D eigenvalue weighted by atomic mass is 79.9. The summed E-state index contributed by atoms with van der Waals surface area (Å²) in [6, 6.07) is 7.69. The normalized spacial score (nSPS) is 21.2. The van der Waals surface area contributed by atoms with Gasteiger partial charge >= 0.3 is 0 Å². The number of hydrogen-bond donors (Lipinski definition) is 4. The summed E-state index contributed by atoms with van der Waals surface area (Å²) in [7, 11) is 1.66. The number of aromatic nitrogens is 3. The average Bonchev–Trinajstić information content (AvgIpc) is 3.68. The Kier molecular flexibility index (Phi) is 14.2. The van der Waals surface area contributed by atoms with Gasteiger partial charge in [-0.1, -0.05) is 15.9 Å². The molecule has 4 N–H and O–H groups in total. The van der Waals surface area contributed by atoms with Crippen molar-refractivity contribution in [2.45, 2.75) is 57.3 Å². The number of hydrogen-bond acceptors (Lipinski definition) is 11. The number of rotatable bonds is 13. The number of hydroxylamine groups is 1. The molecule has 1 saturated carbocycles. The van der Waals surface area contributed by atoms with Gasteiger partial charge in [-0.15, -0.1) is 0 Å². The Hall–Kier alpha value is -5.53. The van der Waals surface area contributed by atoms with Crippen molar-refractivity contribution in [2.75, 3.05) is 69.2 Å². The molecule has 4 aliphatic rings. The number of fused-ring (bicyclic) bond motifs is 1. The van der Waals surface area contributed by atoms with Crippen LogP contribution in [0.15, 0.2) is 53.5 Å². The minimum atomic E-state index is -0.829. The van der Waals surface area contributed by atoms with Crippen LogP contribution in [0, 0.1) is 29.4 Å². The summed E-state index contributed by atoms with van der Waals surface area (Å²) in [4.78, 5) is 84.5. The average molecular weight is 948 g/mol. The van der Waals surface area contributed by atoms with Gasteiger partial charge < -0.3 is 25.0 Å². The van der Waals surface area contributed by atoms with Crippen molar-refractivity contribution < 1.29 is 37.6 Å². The lowest BCUT2D eigenvalue weighted by atomic mass is 9.81. The fourth-order valence-corrected chi connectivity index (χ4v) is 9.70. The highest BCUT2D eigenvalue weighted by molar-refractivity contribution is 9.10. The van der Waals surface area contributed by atoms with Crippen molar-refractivity contribution in [3.63, 3.8) is 0 Å². The van der Waals surface area contributed by atoms with E-state index in [9.17, 15) is 28.4 Å². The van der Waals surface area contributed by atoms with Gasteiger partial charge in [0.1, 0.15) is 11.3 Å². The molecule has 340 valence electrons. The highest BCUT2D eigenvalue weighted by Gasteiger charge is 2.34. The van der Waals surface area contributed by atoms with Gasteiger partial charge in [0.15, 0.2) is 5.82 Å². The zero-order valence-corrected chi connectivity index (χ0v) is 37.3. The molecule has 5 heterocycles. The first-order valence-corrected chi connectivity index (χ1v) is 22.8. The fraction of sp³-hybridized carbons (Fsp3) is 0.489. The Morgan fingerprint density at radius 3 is 2.41 bits per heavy atom. The van der Waals surface area contributed by atoms with Gasteiger partial charge in [-0.05, 0) is 86.8 Å². The Bertz CT molecular complexity index is 2390. The van der Waals surface area contributed by atoms with Crippen LogP contribution in [-0.2, 0) is 31.1 Å². The maximum absolute atomic E-state index is 15.7. The number of benzene rings is 2. The van der Waals surface area contributed by atoms with Crippen LogP contribution in [-0.4, -0.2) is 113 Å². The number of nitrogens with zero attached hydrogens (tertiary/aromatic N) is 6. The smallest absolute Gasteiger partial charge is 0.277 e. The molecule has 3 aliphatic heterocycles. The molecule has 4 fully saturated rings. The monoisotopic (exact) mass is 946 g/mol. The first kappa shape index (κ1) is 45.1. The maximum Gasteiger partial charge on any atom is 0.277 e. The molecular formula is C45H53BrF2N10O6. The fourth-order valence-electron chi connectivity index (χ4n) is 9.36. The summed E-state index contributed by atoms with van der Waals surface area (Å²) < 4.78 is 32.4. The van der Waals surface area contributed by atoms with Gasteiger partial charge in [-0.3, -0.25) is 44.0 Å². The van der Waals surface area contributed by atoms with Crippen molar-refractivity contribution in [3.8, 4) is 0 Å². The lowest BCUT2D eigenvalue weighted by Crippen LogP contribution is -2.52. The van der Waals surface area contributed by atoms with Gasteiger partial charge in [0, 0.05) is 88.3 Å². The largest absolute Gasteiger partial charge is 0.370 e. The quantitative estimate of drug-likeness (QED) is 0.0812. The molecular weight excluding hydrogens is 894 g/mol. The third-order valence-corrected chi connectivity index (χ3v) is 13.6. The van der Waals surface area contributed by atoms with Gasteiger partial charge in [-0.2, -0.15) is 0 Å². The maximum atomic E-state index is 15.7. The van der Waals surface area contributed by atoms with Crippen molar-refractivity contribution >= 4 is 73.6 Å². The van der Waals surface area contributed by atoms with Gasteiger partial charge in [0.25, 0.3) is 5.91 Å². The Morgan fingerprint density at radius 2 is 1.67 bits per heavy atom. The number of piperazine rings is 1. The SMILES string of the molecule is Cn1cnc2c(F)c(Nc3ccc(Br)cc3F)c(C(=O)NOCCNC(=O)C3CCC(C(=O)N4CCN(CC5CCN(c6cncc(C7CCC(=O)NC7=O)c6)CC5)CC4)CC3)cc21. The lowest BCUT2D eigenvalue weighted by Gasteiger charge is -2.40.